The number of hydrogen-bond donors (Lipinski definition) is 1. The number of cyclic esters (lactones) is 1. The van der Waals surface area contributed by atoms with Crippen LogP contribution in [-0.4, -0.2) is 35.1 Å². The van der Waals surface area contributed by atoms with Gasteiger partial charge in [0.05, 0.1) is 17.9 Å². The van der Waals surface area contributed by atoms with Gasteiger partial charge in [-0.05, 0) is 24.3 Å². The number of aromatic nitrogens is 2. The van der Waals surface area contributed by atoms with Crippen LogP contribution >= 0.6 is 0 Å². The second-order valence-corrected chi connectivity index (χ2v) is 4.86. The highest BCUT2D eigenvalue weighted by Crippen LogP contribution is 2.28. The molecule has 0 spiro atoms. The van der Waals surface area contributed by atoms with Crippen LogP contribution in [0.5, 0.6) is 0 Å². The van der Waals surface area contributed by atoms with E-state index in [1.54, 1.807) is 36.1 Å². The predicted molar refractivity (Wildman–Crippen MR) is 75.3 cm³/mol. The minimum Gasteiger partial charge on any atom is -0.443 e. The van der Waals surface area contributed by atoms with Gasteiger partial charge in [0.25, 0.3) is 0 Å². The summed E-state index contributed by atoms with van der Waals surface area (Å²) in [7, 11) is 1.74. The van der Waals surface area contributed by atoms with Crippen LogP contribution in [0, 0.1) is 5.82 Å². The van der Waals surface area contributed by atoms with Crippen molar-refractivity contribution in [3.8, 4) is 11.3 Å². The second-order valence-electron chi connectivity index (χ2n) is 4.86. The highest BCUT2D eigenvalue weighted by molar-refractivity contribution is 5.90. The second kappa shape index (κ2) is 5.17. The van der Waals surface area contributed by atoms with E-state index in [0.29, 0.717) is 23.5 Å². The molecule has 7 heteroatoms. The molecule has 0 bridgehead atoms. The standard InChI is InChI=1S/C14H15FN4O2/c1-18-13(4-5-17-18)11-3-2-9(6-12(11)15)19-8-10(7-16)21-14(19)20/h2-6,10H,7-8,16H2,1H3. The van der Waals surface area contributed by atoms with Crippen molar-refractivity contribution >= 4 is 11.8 Å². The number of carbonyl (C=O) groups excluding carboxylic acids is 1. The molecule has 1 aromatic carbocycles. The lowest BCUT2D eigenvalue weighted by Gasteiger charge is -2.14. The molecule has 110 valence electrons. The Bertz CT molecular complexity index is 685. The van der Waals surface area contributed by atoms with E-state index >= 15 is 0 Å². The smallest absolute Gasteiger partial charge is 0.414 e. The van der Waals surface area contributed by atoms with Gasteiger partial charge >= 0.3 is 6.09 Å². The average Bonchev–Trinajstić information content (AvgIpc) is 3.05. The molecule has 0 saturated carbocycles. The third-order valence-electron chi connectivity index (χ3n) is 3.50. The summed E-state index contributed by atoms with van der Waals surface area (Å²) in [6, 6.07) is 6.37. The van der Waals surface area contributed by atoms with E-state index in [0.717, 1.165) is 0 Å². The SMILES string of the molecule is Cn1nccc1-c1ccc(N2CC(CN)OC2=O)cc1F. The highest BCUT2D eigenvalue weighted by Gasteiger charge is 2.31. The summed E-state index contributed by atoms with van der Waals surface area (Å²) in [4.78, 5) is 13.1. The van der Waals surface area contributed by atoms with Crippen LogP contribution < -0.4 is 10.6 Å². The maximum absolute atomic E-state index is 14.3. The lowest BCUT2D eigenvalue weighted by molar-refractivity contribution is 0.145. The fourth-order valence-corrected chi connectivity index (χ4v) is 2.37. The number of aryl methyl sites for hydroxylation is 1. The Morgan fingerprint density at radius 3 is 2.86 bits per heavy atom. The van der Waals surface area contributed by atoms with Gasteiger partial charge in [0, 0.05) is 25.4 Å². The minimum absolute atomic E-state index is 0.248. The van der Waals surface area contributed by atoms with E-state index < -0.39 is 11.9 Å². The minimum atomic E-state index is -0.502. The van der Waals surface area contributed by atoms with Gasteiger partial charge in [-0.25, -0.2) is 9.18 Å². The molecule has 2 N–H and O–H groups in total. The summed E-state index contributed by atoms with van der Waals surface area (Å²) >= 11 is 0. The van der Waals surface area contributed by atoms with Gasteiger partial charge in [-0.3, -0.25) is 9.58 Å². The number of nitrogens with zero attached hydrogens (tertiary/aromatic N) is 3. The first-order chi connectivity index (χ1) is 10.1. The van der Waals surface area contributed by atoms with Crippen molar-refractivity contribution in [2.75, 3.05) is 18.0 Å². The zero-order valence-electron chi connectivity index (χ0n) is 11.5. The fourth-order valence-electron chi connectivity index (χ4n) is 2.37. The number of hydrogen-bond acceptors (Lipinski definition) is 4. The Kier molecular flexibility index (Phi) is 3.34. The van der Waals surface area contributed by atoms with Gasteiger partial charge in [-0.2, -0.15) is 5.10 Å². The molecule has 1 saturated heterocycles. The topological polar surface area (TPSA) is 73.4 Å². The molecular formula is C14H15FN4O2. The highest BCUT2D eigenvalue weighted by atomic mass is 19.1. The van der Waals surface area contributed by atoms with Crippen LogP contribution in [0.1, 0.15) is 0 Å². The zero-order chi connectivity index (χ0) is 15.0. The van der Waals surface area contributed by atoms with Gasteiger partial charge in [0.2, 0.25) is 0 Å². The summed E-state index contributed by atoms with van der Waals surface area (Å²) in [5.74, 6) is -0.417. The van der Waals surface area contributed by atoms with E-state index in [2.05, 4.69) is 5.10 Å². The maximum atomic E-state index is 14.3. The molecule has 1 unspecified atom stereocenters. The molecule has 2 aromatic rings. The summed E-state index contributed by atoms with van der Waals surface area (Å²) in [6.45, 7) is 0.581. The molecule has 1 fully saturated rings. The molecule has 1 aliphatic rings. The molecule has 2 heterocycles. The number of ether oxygens (including phenoxy) is 1. The molecule has 6 nitrogen and oxygen atoms in total. The average molecular weight is 290 g/mol. The number of anilines is 1. The summed E-state index contributed by atoms with van der Waals surface area (Å²) in [5, 5.41) is 4.02. The summed E-state index contributed by atoms with van der Waals surface area (Å²) in [5.41, 5.74) is 7.04. The first kappa shape index (κ1) is 13.6. The number of halogens is 1. The van der Waals surface area contributed by atoms with E-state index in [1.807, 2.05) is 0 Å². The Hall–Kier alpha value is -2.41. The molecule has 1 atom stereocenters. The first-order valence-electron chi connectivity index (χ1n) is 6.56. The van der Waals surface area contributed by atoms with Crippen molar-refractivity contribution in [2.24, 2.45) is 12.8 Å². The van der Waals surface area contributed by atoms with Crippen LogP contribution in [-0.2, 0) is 11.8 Å². The Morgan fingerprint density at radius 1 is 1.48 bits per heavy atom. The monoisotopic (exact) mass is 290 g/mol. The van der Waals surface area contributed by atoms with Crippen LogP contribution in [0.15, 0.2) is 30.5 Å². The van der Waals surface area contributed by atoms with Crippen molar-refractivity contribution in [1.82, 2.24) is 9.78 Å². The lowest BCUT2D eigenvalue weighted by Crippen LogP contribution is -2.27. The Morgan fingerprint density at radius 2 is 2.29 bits per heavy atom. The third kappa shape index (κ3) is 2.36. The largest absolute Gasteiger partial charge is 0.443 e. The van der Waals surface area contributed by atoms with Crippen LogP contribution in [0.25, 0.3) is 11.3 Å². The normalized spacial score (nSPS) is 18.1. The molecule has 1 aromatic heterocycles. The number of carbonyl (C=O) groups is 1. The van der Waals surface area contributed by atoms with Crippen molar-refractivity contribution in [2.45, 2.75) is 6.10 Å². The molecule has 1 aliphatic heterocycles. The van der Waals surface area contributed by atoms with Gasteiger partial charge in [-0.15, -0.1) is 0 Å². The van der Waals surface area contributed by atoms with Crippen molar-refractivity contribution in [3.05, 3.63) is 36.3 Å². The van der Waals surface area contributed by atoms with Crippen molar-refractivity contribution in [3.63, 3.8) is 0 Å². The number of rotatable bonds is 3. The van der Waals surface area contributed by atoms with Gasteiger partial charge < -0.3 is 10.5 Å². The molecule has 21 heavy (non-hydrogen) atoms. The molecule has 1 amide bonds. The van der Waals surface area contributed by atoms with Crippen LogP contribution in [0.4, 0.5) is 14.9 Å². The number of benzene rings is 1. The van der Waals surface area contributed by atoms with Gasteiger partial charge in [0.15, 0.2) is 0 Å². The van der Waals surface area contributed by atoms with E-state index in [1.165, 1.54) is 11.0 Å². The Labute approximate surface area is 120 Å². The third-order valence-corrected chi connectivity index (χ3v) is 3.50. The molecule has 0 aliphatic carbocycles. The Balaban J connectivity index is 1.92. The van der Waals surface area contributed by atoms with Gasteiger partial charge in [-0.1, -0.05) is 0 Å². The van der Waals surface area contributed by atoms with E-state index in [-0.39, 0.29) is 12.6 Å². The van der Waals surface area contributed by atoms with E-state index in [4.69, 9.17) is 10.5 Å². The maximum Gasteiger partial charge on any atom is 0.414 e. The summed E-state index contributed by atoms with van der Waals surface area (Å²) in [6.07, 6.45) is 0.752. The van der Waals surface area contributed by atoms with Crippen LogP contribution in [0.2, 0.25) is 0 Å². The molecule has 0 radical (unpaired) electrons. The predicted octanol–water partition coefficient (Wildman–Crippen LogP) is 1.51. The fraction of sp³-hybridized carbons (Fsp3) is 0.286. The zero-order valence-corrected chi connectivity index (χ0v) is 11.5. The van der Waals surface area contributed by atoms with E-state index in [9.17, 15) is 9.18 Å². The van der Waals surface area contributed by atoms with Crippen molar-refractivity contribution in [1.29, 1.82) is 0 Å². The van der Waals surface area contributed by atoms with Crippen LogP contribution in [0.3, 0.4) is 0 Å². The number of nitrogens with two attached hydrogens (primary N) is 1. The summed E-state index contributed by atoms with van der Waals surface area (Å²) < 4.78 is 21.0. The van der Waals surface area contributed by atoms with Gasteiger partial charge in [0.1, 0.15) is 11.9 Å². The molecule has 3 rings (SSSR count). The number of amides is 1. The van der Waals surface area contributed by atoms with Crippen molar-refractivity contribution < 1.29 is 13.9 Å². The first-order valence-corrected chi connectivity index (χ1v) is 6.56. The quantitative estimate of drug-likeness (QED) is 0.930. The molecular weight excluding hydrogens is 275 g/mol. The lowest BCUT2D eigenvalue weighted by atomic mass is 10.1.